The molecule has 0 radical (unpaired) electrons. The van der Waals surface area contributed by atoms with Crippen LogP contribution in [0.15, 0.2) is 24.3 Å². The van der Waals surface area contributed by atoms with Gasteiger partial charge < -0.3 is 26.0 Å². The first-order valence-corrected chi connectivity index (χ1v) is 8.81. The zero-order valence-corrected chi connectivity index (χ0v) is 14.7. The number of hydrogen-bond acceptors (Lipinski definition) is 4. The molecule has 26 heavy (non-hydrogen) atoms. The average molecular weight is 360 g/mol. The first kappa shape index (κ1) is 18.2. The maximum Gasteiger partial charge on any atom is 0.317 e. The van der Waals surface area contributed by atoms with E-state index in [1.165, 1.54) is 6.92 Å². The van der Waals surface area contributed by atoms with Gasteiger partial charge in [-0.2, -0.15) is 0 Å². The number of nitrogens with one attached hydrogen (secondary N) is 4. The molecule has 0 spiro atoms. The number of carbonyl (C=O) groups excluding carboxylic acids is 3. The van der Waals surface area contributed by atoms with Gasteiger partial charge in [0.05, 0.1) is 12.6 Å². The van der Waals surface area contributed by atoms with E-state index < -0.39 is 0 Å². The highest BCUT2D eigenvalue weighted by Gasteiger charge is 2.39. The summed E-state index contributed by atoms with van der Waals surface area (Å²) in [4.78, 5) is 34.5. The van der Waals surface area contributed by atoms with E-state index in [1.807, 2.05) is 24.3 Å². The lowest BCUT2D eigenvalue weighted by Gasteiger charge is -2.42. The molecule has 2 fully saturated rings. The van der Waals surface area contributed by atoms with Gasteiger partial charge in [0, 0.05) is 26.0 Å². The molecule has 0 bridgehead atoms. The van der Waals surface area contributed by atoms with Crippen molar-refractivity contribution in [1.82, 2.24) is 21.3 Å². The molecule has 2 aliphatic heterocycles. The molecule has 3 atom stereocenters. The Morgan fingerprint density at radius 1 is 1.27 bits per heavy atom. The summed E-state index contributed by atoms with van der Waals surface area (Å²) in [5.41, 5.74) is 1.92. The van der Waals surface area contributed by atoms with Gasteiger partial charge in [-0.1, -0.05) is 24.3 Å². The maximum absolute atomic E-state index is 11.9. The minimum absolute atomic E-state index is 0.0412. The Kier molecular flexibility index (Phi) is 5.72. The van der Waals surface area contributed by atoms with Crippen LogP contribution >= 0.6 is 0 Å². The van der Waals surface area contributed by atoms with Crippen LogP contribution in [0.4, 0.5) is 4.79 Å². The van der Waals surface area contributed by atoms with Crippen LogP contribution in [0, 0.1) is 5.92 Å². The summed E-state index contributed by atoms with van der Waals surface area (Å²) in [6, 6.07) is 7.44. The number of fused-ring (bicyclic) bond motifs is 1. The summed E-state index contributed by atoms with van der Waals surface area (Å²) in [5.74, 6) is -0.319. The molecule has 1 aromatic carbocycles. The van der Waals surface area contributed by atoms with Gasteiger partial charge in [-0.05, 0) is 24.0 Å². The number of urea groups is 1. The lowest BCUT2D eigenvalue weighted by atomic mass is 9.85. The van der Waals surface area contributed by atoms with Gasteiger partial charge in [0.25, 0.3) is 0 Å². The first-order valence-electron chi connectivity index (χ1n) is 8.81. The van der Waals surface area contributed by atoms with Crippen molar-refractivity contribution in [3.8, 4) is 0 Å². The third kappa shape index (κ3) is 4.51. The molecule has 1 aromatic rings. The van der Waals surface area contributed by atoms with Crippen LogP contribution in [-0.4, -0.2) is 37.2 Å². The van der Waals surface area contributed by atoms with E-state index in [9.17, 15) is 14.4 Å². The Morgan fingerprint density at radius 3 is 2.92 bits per heavy atom. The van der Waals surface area contributed by atoms with Gasteiger partial charge in [0.15, 0.2) is 0 Å². The molecule has 0 aromatic heterocycles. The van der Waals surface area contributed by atoms with Crippen molar-refractivity contribution in [3.63, 3.8) is 0 Å². The Labute approximate surface area is 152 Å². The second-order valence-corrected chi connectivity index (χ2v) is 6.62. The summed E-state index contributed by atoms with van der Waals surface area (Å²) in [5, 5.41) is 11.1. The molecule has 140 valence electrons. The fourth-order valence-corrected chi connectivity index (χ4v) is 3.41. The van der Waals surface area contributed by atoms with Crippen molar-refractivity contribution in [1.29, 1.82) is 0 Å². The van der Waals surface area contributed by atoms with E-state index in [0.717, 1.165) is 24.0 Å². The highest BCUT2D eigenvalue weighted by atomic mass is 16.5. The number of amides is 4. The normalized spacial score (nSPS) is 24.7. The van der Waals surface area contributed by atoms with Gasteiger partial charge >= 0.3 is 6.03 Å². The van der Waals surface area contributed by atoms with Gasteiger partial charge in [-0.15, -0.1) is 0 Å². The molecule has 0 unspecified atom stereocenters. The number of rotatable bonds is 5. The van der Waals surface area contributed by atoms with E-state index in [0.29, 0.717) is 13.2 Å². The van der Waals surface area contributed by atoms with Crippen molar-refractivity contribution in [3.05, 3.63) is 35.4 Å². The predicted octanol–water partition coefficient (Wildman–Crippen LogP) is 0.546. The Balaban J connectivity index is 1.65. The van der Waals surface area contributed by atoms with Crippen molar-refractivity contribution in [2.75, 3.05) is 13.2 Å². The Bertz CT molecular complexity index is 694. The number of carbonyl (C=O) groups is 3. The Morgan fingerprint density at radius 2 is 2.12 bits per heavy atom. The van der Waals surface area contributed by atoms with Crippen LogP contribution in [0.5, 0.6) is 0 Å². The fourth-order valence-electron chi connectivity index (χ4n) is 3.41. The molecule has 2 saturated heterocycles. The lowest BCUT2D eigenvalue weighted by molar-refractivity contribution is -0.125. The molecule has 2 heterocycles. The zero-order valence-electron chi connectivity index (χ0n) is 14.7. The molecule has 3 rings (SSSR count). The smallest absolute Gasteiger partial charge is 0.317 e. The van der Waals surface area contributed by atoms with E-state index in [2.05, 4.69) is 21.3 Å². The lowest BCUT2D eigenvalue weighted by Crippen LogP contribution is -2.58. The zero-order chi connectivity index (χ0) is 18.5. The SMILES string of the molecule is CC(=O)NCC(=O)NCc1cccc([C@@H]2NC(=O)N[C@H]3OCCC[C@H]32)c1. The van der Waals surface area contributed by atoms with E-state index in [1.54, 1.807) is 0 Å². The van der Waals surface area contributed by atoms with E-state index >= 15 is 0 Å². The van der Waals surface area contributed by atoms with Crippen LogP contribution in [-0.2, 0) is 20.9 Å². The fraction of sp³-hybridized carbons (Fsp3) is 0.500. The number of ether oxygens (including phenoxy) is 1. The minimum atomic E-state index is -0.261. The summed E-state index contributed by atoms with van der Waals surface area (Å²) >= 11 is 0. The van der Waals surface area contributed by atoms with Gasteiger partial charge in [0.1, 0.15) is 6.23 Å². The van der Waals surface area contributed by atoms with Crippen molar-refractivity contribution >= 4 is 17.8 Å². The molecule has 0 saturated carbocycles. The van der Waals surface area contributed by atoms with Crippen molar-refractivity contribution < 1.29 is 19.1 Å². The first-order chi connectivity index (χ1) is 12.5. The molecule has 4 N–H and O–H groups in total. The second kappa shape index (κ2) is 8.18. The Hall–Kier alpha value is -2.61. The summed E-state index contributed by atoms with van der Waals surface area (Å²) in [6.45, 7) is 2.34. The van der Waals surface area contributed by atoms with Crippen LogP contribution in [0.2, 0.25) is 0 Å². The van der Waals surface area contributed by atoms with Crippen LogP contribution < -0.4 is 21.3 Å². The second-order valence-electron chi connectivity index (χ2n) is 6.62. The van der Waals surface area contributed by atoms with Crippen LogP contribution in [0.3, 0.4) is 0 Å². The molecule has 8 heteroatoms. The largest absolute Gasteiger partial charge is 0.358 e. The average Bonchev–Trinajstić information content (AvgIpc) is 2.64. The summed E-state index contributed by atoms with van der Waals surface area (Å²) < 4.78 is 5.70. The van der Waals surface area contributed by atoms with Gasteiger partial charge in [0.2, 0.25) is 11.8 Å². The van der Waals surface area contributed by atoms with Gasteiger partial charge in [-0.3, -0.25) is 9.59 Å². The van der Waals surface area contributed by atoms with Crippen molar-refractivity contribution in [2.45, 2.75) is 38.6 Å². The highest BCUT2D eigenvalue weighted by molar-refractivity contribution is 5.83. The summed E-state index contributed by atoms with van der Waals surface area (Å²) in [6.07, 6.45) is 1.68. The van der Waals surface area contributed by atoms with Gasteiger partial charge in [-0.25, -0.2) is 4.79 Å². The highest BCUT2D eigenvalue weighted by Crippen LogP contribution is 2.34. The topological polar surface area (TPSA) is 109 Å². The van der Waals surface area contributed by atoms with Crippen LogP contribution in [0.1, 0.15) is 36.9 Å². The molecule has 4 amide bonds. The van der Waals surface area contributed by atoms with E-state index in [-0.39, 0.29) is 42.6 Å². The molecule has 2 aliphatic rings. The number of hydrogen-bond donors (Lipinski definition) is 4. The molecular formula is C18H24N4O4. The van der Waals surface area contributed by atoms with Crippen LogP contribution in [0.25, 0.3) is 0 Å². The monoisotopic (exact) mass is 360 g/mol. The molecule has 0 aliphatic carbocycles. The standard InChI is InChI=1S/C18H24N4O4/c1-11(23)19-10-15(24)20-9-12-4-2-5-13(8-12)16-14-6-3-7-26-17(14)22-18(25)21-16/h2,4-5,8,14,16-17H,3,6-7,9-10H2,1H3,(H,19,23)(H,20,24)(H2,21,22,25)/t14-,16-,17-/m0/s1. The summed E-state index contributed by atoms with van der Waals surface area (Å²) in [7, 11) is 0. The quantitative estimate of drug-likeness (QED) is 0.615. The molecular weight excluding hydrogens is 336 g/mol. The third-order valence-electron chi connectivity index (χ3n) is 4.65. The minimum Gasteiger partial charge on any atom is -0.358 e. The maximum atomic E-state index is 11.9. The van der Waals surface area contributed by atoms with E-state index in [4.69, 9.17) is 4.74 Å². The predicted molar refractivity (Wildman–Crippen MR) is 93.8 cm³/mol. The number of benzene rings is 1. The molecule has 8 nitrogen and oxygen atoms in total. The van der Waals surface area contributed by atoms with Crippen molar-refractivity contribution in [2.24, 2.45) is 5.92 Å². The third-order valence-corrected chi connectivity index (χ3v) is 4.65.